The van der Waals surface area contributed by atoms with E-state index < -0.39 is 11.2 Å². The smallest absolute Gasteiger partial charge is 0.328 e. The molecular formula is C16H22N2O5S. The molecule has 0 radical (unpaired) electrons. The van der Waals surface area contributed by atoms with Crippen molar-refractivity contribution in [3.05, 3.63) is 32.6 Å². The summed E-state index contributed by atoms with van der Waals surface area (Å²) in [5, 5.41) is 9.60. The van der Waals surface area contributed by atoms with Gasteiger partial charge in [-0.2, -0.15) is 11.8 Å². The fourth-order valence-electron chi connectivity index (χ4n) is 4.02. The fourth-order valence-corrected chi connectivity index (χ4v) is 5.75. The molecule has 24 heavy (non-hydrogen) atoms. The average molecular weight is 354 g/mol. The van der Waals surface area contributed by atoms with Crippen molar-refractivity contribution in [3.8, 4) is 0 Å². The number of aliphatic hydroxyl groups excluding tert-OH is 1. The Morgan fingerprint density at radius 2 is 2.25 bits per heavy atom. The molecule has 132 valence electrons. The molecule has 2 fully saturated rings. The molecule has 0 spiro atoms. The van der Waals surface area contributed by atoms with E-state index in [2.05, 4.69) is 11.9 Å². The summed E-state index contributed by atoms with van der Waals surface area (Å²) in [6, 6.07) is -0.203. The number of nitrogens with one attached hydrogen (secondary N) is 1. The highest BCUT2D eigenvalue weighted by atomic mass is 32.2. The van der Waals surface area contributed by atoms with Crippen LogP contribution in [0.15, 0.2) is 15.8 Å². The first-order chi connectivity index (χ1) is 11.3. The molecule has 5 atom stereocenters. The highest BCUT2D eigenvalue weighted by molar-refractivity contribution is 8.01. The Kier molecular flexibility index (Phi) is 4.37. The molecule has 5 unspecified atom stereocenters. The van der Waals surface area contributed by atoms with E-state index in [0.717, 1.165) is 0 Å². The third-order valence-electron chi connectivity index (χ3n) is 5.51. The molecule has 1 saturated heterocycles. The summed E-state index contributed by atoms with van der Waals surface area (Å²) in [7, 11) is 1.36. The predicted octanol–water partition coefficient (Wildman–Crippen LogP) is 0.309. The van der Waals surface area contributed by atoms with Crippen LogP contribution in [0.25, 0.3) is 0 Å². The van der Waals surface area contributed by atoms with Crippen LogP contribution in [0.3, 0.4) is 0 Å². The molecule has 7 nitrogen and oxygen atoms in total. The first kappa shape index (κ1) is 17.3. The van der Waals surface area contributed by atoms with Crippen LogP contribution < -0.4 is 11.2 Å². The number of methoxy groups -OCH3 is 1. The summed E-state index contributed by atoms with van der Waals surface area (Å²) in [5.74, 6) is 0.0915. The minimum absolute atomic E-state index is 0.0457. The van der Waals surface area contributed by atoms with Crippen molar-refractivity contribution in [2.45, 2.75) is 31.1 Å². The van der Waals surface area contributed by atoms with Crippen LogP contribution in [0.1, 0.15) is 24.9 Å². The molecule has 0 bridgehead atoms. The Labute approximate surface area is 143 Å². The highest BCUT2D eigenvalue weighted by Crippen LogP contribution is 2.65. The Balaban J connectivity index is 1.96. The van der Waals surface area contributed by atoms with Gasteiger partial charge in [0.15, 0.2) is 0 Å². The third-order valence-corrected chi connectivity index (χ3v) is 7.26. The van der Waals surface area contributed by atoms with Crippen molar-refractivity contribution in [2.75, 3.05) is 19.5 Å². The minimum atomic E-state index is -0.459. The molecule has 1 aromatic rings. The first-order valence-corrected chi connectivity index (χ1v) is 8.96. The Hall–Kier alpha value is -1.54. The second kappa shape index (κ2) is 6.07. The van der Waals surface area contributed by atoms with E-state index >= 15 is 0 Å². The van der Waals surface area contributed by atoms with E-state index in [9.17, 15) is 19.5 Å². The largest absolute Gasteiger partial charge is 0.469 e. The number of fused-ring (bicyclic) bond motifs is 1. The molecule has 1 aliphatic heterocycles. The van der Waals surface area contributed by atoms with Crippen LogP contribution in [-0.2, 0) is 9.53 Å². The quantitative estimate of drug-likeness (QED) is 0.758. The van der Waals surface area contributed by atoms with E-state index in [1.165, 1.54) is 11.7 Å². The Morgan fingerprint density at radius 3 is 2.88 bits per heavy atom. The number of nitrogens with zero attached hydrogens (tertiary/aromatic N) is 1. The predicted molar refractivity (Wildman–Crippen MR) is 90.1 cm³/mol. The molecule has 1 aliphatic carbocycles. The maximum absolute atomic E-state index is 12.3. The number of thioether (sulfide) groups is 1. The second-order valence-corrected chi connectivity index (χ2v) is 8.31. The topological polar surface area (TPSA) is 101 Å². The van der Waals surface area contributed by atoms with Gasteiger partial charge < -0.3 is 9.84 Å². The molecule has 0 amide bonds. The van der Waals surface area contributed by atoms with Gasteiger partial charge in [0.2, 0.25) is 0 Å². The van der Waals surface area contributed by atoms with Gasteiger partial charge in [0, 0.05) is 40.8 Å². The second-order valence-electron chi connectivity index (χ2n) is 6.81. The van der Waals surface area contributed by atoms with Gasteiger partial charge in [0.1, 0.15) is 0 Å². The summed E-state index contributed by atoms with van der Waals surface area (Å²) < 4.78 is 6.30. The number of hydrogen-bond donors (Lipinski definition) is 2. The van der Waals surface area contributed by atoms with Crippen molar-refractivity contribution in [2.24, 2.45) is 17.8 Å². The van der Waals surface area contributed by atoms with Crippen molar-refractivity contribution in [1.82, 2.24) is 9.55 Å². The first-order valence-electron chi connectivity index (χ1n) is 7.98. The lowest BCUT2D eigenvalue weighted by Crippen LogP contribution is -2.35. The molecule has 0 aromatic carbocycles. The lowest BCUT2D eigenvalue weighted by Gasteiger charge is -2.22. The highest BCUT2D eigenvalue weighted by Gasteiger charge is 2.67. The molecule has 1 aromatic heterocycles. The SMILES string of the molecule is COC(=O)C1CC(n2cc(C)c(=O)[nH]c2=O)CSC2(C)C(CO)C12. The number of aliphatic hydroxyl groups is 1. The van der Waals surface area contributed by atoms with Gasteiger partial charge >= 0.3 is 11.7 Å². The van der Waals surface area contributed by atoms with Gasteiger partial charge in [0.05, 0.1) is 13.0 Å². The summed E-state index contributed by atoms with van der Waals surface area (Å²) >= 11 is 1.68. The number of carbonyl (C=O) groups is 1. The van der Waals surface area contributed by atoms with Gasteiger partial charge in [-0.25, -0.2) is 4.79 Å². The summed E-state index contributed by atoms with van der Waals surface area (Å²) in [6.07, 6.45) is 2.02. The standard InChI is InChI=1S/C16H22N2O5S/c1-8-5-18(15(22)17-13(8)20)9-4-10(14(21)23-3)12-11(6-19)16(12,2)24-7-9/h5,9-12,19H,4,6-7H2,1-3H3,(H,17,20,22). The maximum atomic E-state index is 12.3. The zero-order chi connectivity index (χ0) is 17.6. The fraction of sp³-hybridized carbons (Fsp3) is 0.688. The lowest BCUT2D eigenvalue weighted by molar-refractivity contribution is -0.147. The zero-order valence-electron chi connectivity index (χ0n) is 13.9. The lowest BCUT2D eigenvalue weighted by atomic mass is 9.93. The third kappa shape index (κ3) is 2.61. The Morgan fingerprint density at radius 1 is 1.54 bits per heavy atom. The number of H-pyrrole nitrogens is 1. The summed E-state index contributed by atoms with van der Waals surface area (Å²) in [5.41, 5.74) is -0.389. The molecule has 3 rings (SSSR count). The minimum Gasteiger partial charge on any atom is -0.469 e. The molecule has 2 aliphatic rings. The maximum Gasteiger partial charge on any atom is 0.328 e. The van der Waals surface area contributed by atoms with Crippen LogP contribution in [0.2, 0.25) is 0 Å². The number of carbonyl (C=O) groups excluding carboxylic acids is 1. The van der Waals surface area contributed by atoms with Gasteiger partial charge in [-0.3, -0.25) is 19.1 Å². The van der Waals surface area contributed by atoms with Crippen molar-refractivity contribution in [3.63, 3.8) is 0 Å². The number of hydrogen-bond acceptors (Lipinski definition) is 6. The van der Waals surface area contributed by atoms with Gasteiger partial charge in [0.25, 0.3) is 5.56 Å². The van der Waals surface area contributed by atoms with Crippen LogP contribution in [-0.4, -0.2) is 44.8 Å². The average Bonchev–Trinajstić information content (AvgIpc) is 3.17. The van der Waals surface area contributed by atoms with Crippen LogP contribution in [0.4, 0.5) is 0 Å². The number of aromatic amines is 1. The van der Waals surface area contributed by atoms with Gasteiger partial charge in [-0.15, -0.1) is 0 Å². The van der Waals surface area contributed by atoms with E-state index in [-0.39, 0.29) is 41.1 Å². The number of ether oxygens (including phenoxy) is 1. The van der Waals surface area contributed by atoms with E-state index in [1.807, 2.05) is 0 Å². The monoisotopic (exact) mass is 354 g/mol. The van der Waals surface area contributed by atoms with Gasteiger partial charge in [-0.1, -0.05) is 0 Å². The molecule has 2 N–H and O–H groups in total. The number of aromatic nitrogens is 2. The molecule has 8 heteroatoms. The van der Waals surface area contributed by atoms with Crippen LogP contribution in [0, 0.1) is 24.7 Å². The van der Waals surface area contributed by atoms with Crippen LogP contribution in [0.5, 0.6) is 0 Å². The normalized spacial score (nSPS) is 35.0. The zero-order valence-corrected chi connectivity index (χ0v) is 14.8. The van der Waals surface area contributed by atoms with E-state index in [0.29, 0.717) is 17.7 Å². The number of aryl methyl sites for hydroxylation is 1. The van der Waals surface area contributed by atoms with Gasteiger partial charge in [-0.05, 0) is 26.2 Å². The number of esters is 1. The number of rotatable bonds is 3. The van der Waals surface area contributed by atoms with Crippen LogP contribution >= 0.6 is 11.8 Å². The summed E-state index contributed by atoms with van der Waals surface area (Å²) in [4.78, 5) is 38.4. The summed E-state index contributed by atoms with van der Waals surface area (Å²) in [6.45, 7) is 3.75. The van der Waals surface area contributed by atoms with Crippen molar-refractivity contribution in [1.29, 1.82) is 0 Å². The Bertz CT molecular complexity index is 772. The molecular weight excluding hydrogens is 332 g/mol. The van der Waals surface area contributed by atoms with Crippen molar-refractivity contribution < 1.29 is 14.6 Å². The van der Waals surface area contributed by atoms with E-state index in [1.54, 1.807) is 24.9 Å². The molecule has 2 heterocycles. The van der Waals surface area contributed by atoms with E-state index in [4.69, 9.17) is 4.74 Å². The van der Waals surface area contributed by atoms with Crippen molar-refractivity contribution >= 4 is 17.7 Å². The molecule has 1 saturated carbocycles.